The summed E-state index contributed by atoms with van der Waals surface area (Å²) in [5, 5.41) is 11.0. The fourth-order valence-corrected chi connectivity index (χ4v) is 8.52. The third-order valence-electron chi connectivity index (χ3n) is 11.2. The van der Waals surface area contributed by atoms with Crippen molar-refractivity contribution in [2.24, 2.45) is 0 Å². The van der Waals surface area contributed by atoms with E-state index in [0.29, 0.717) is 17.6 Å². The molecule has 0 radical (unpaired) electrons. The fraction of sp³-hybridized carbons (Fsp3) is 0. The van der Waals surface area contributed by atoms with Gasteiger partial charge in [0.25, 0.3) is 0 Å². The molecule has 0 spiro atoms. The minimum Gasteiger partial charge on any atom is -0.455 e. The predicted octanol–water partition coefficient (Wildman–Crippen LogP) is 13.3. The number of aromatic nitrogens is 4. The molecule has 0 amide bonds. The Hall–Kier alpha value is -7.63. The molecule has 5 heteroatoms. The first-order valence-corrected chi connectivity index (χ1v) is 18.8. The molecule has 9 aromatic carbocycles. The van der Waals surface area contributed by atoms with Crippen molar-refractivity contribution in [3.63, 3.8) is 0 Å². The van der Waals surface area contributed by atoms with Crippen LogP contribution in [0.25, 0.3) is 116 Å². The van der Waals surface area contributed by atoms with Crippen LogP contribution in [-0.4, -0.2) is 19.5 Å². The molecule has 3 aromatic heterocycles. The first-order valence-electron chi connectivity index (χ1n) is 18.8. The third kappa shape index (κ3) is 4.71. The Morgan fingerprint density at radius 1 is 0.375 bits per heavy atom. The number of para-hydroxylation sites is 2. The van der Waals surface area contributed by atoms with Gasteiger partial charge < -0.3 is 4.42 Å². The van der Waals surface area contributed by atoms with Crippen LogP contribution in [0, 0.1) is 0 Å². The van der Waals surface area contributed by atoms with Gasteiger partial charge in [-0.15, -0.1) is 0 Å². The Labute approximate surface area is 320 Å². The summed E-state index contributed by atoms with van der Waals surface area (Å²) >= 11 is 0. The van der Waals surface area contributed by atoms with Crippen molar-refractivity contribution in [1.82, 2.24) is 19.5 Å². The summed E-state index contributed by atoms with van der Waals surface area (Å²) in [6.45, 7) is 0. The molecule has 0 aliphatic rings. The van der Waals surface area contributed by atoms with Crippen molar-refractivity contribution in [2.45, 2.75) is 0 Å². The van der Waals surface area contributed by atoms with E-state index in [-0.39, 0.29) is 0 Å². The minimum atomic E-state index is 0.554. The second-order valence-electron chi connectivity index (χ2n) is 14.4. The highest BCUT2D eigenvalue weighted by atomic mass is 16.3. The third-order valence-corrected chi connectivity index (χ3v) is 11.2. The highest BCUT2D eigenvalue weighted by molar-refractivity contribution is 6.21. The molecule has 12 aromatic rings. The summed E-state index contributed by atoms with van der Waals surface area (Å²) in [7, 11) is 0. The smallest absolute Gasteiger partial charge is 0.238 e. The van der Waals surface area contributed by atoms with Gasteiger partial charge >= 0.3 is 0 Å². The van der Waals surface area contributed by atoms with Gasteiger partial charge in [0.2, 0.25) is 5.95 Å². The zero-order valence-corrected chi connectivity index (χ0v) is 30.0. The van der Waals surface area contributed by atoms with Gasteiger partial charge in [0.15, 0.2) is 11.6 Å². The number of nitrogens with zero attached hydrogens (tertiary/aromatic N) is 4. The highest BCUT2D eigenvalue weighted by Gasteiger charge is 2.22. The Kier molecular flexibility index (Phi) is 6.56. The lowest BCUT2D eigenvalue weighted by Crippen LogP contribution is -2.06. The van der Waals surface area contributed by atoms with Crippen LogP contribution in [0.5, 0.6) is 0 Å². The van der Waals surface area contributed by atoms with Gasteiger partial charge in [-0.05, 0) is 80.5 Å². The SMILES string of the molecule is c1ccc(-c2ccc3ccc(-c4nc(-c5cc6ccccc6c6oc7ccccc7c56)nc(-n5c6ccccc6c6cc7ccccc7cc65)n4)cc3c2)cc1. The molecule has 0 unspecified atom stereocenters. The van der Waals surface area contributed by atoms with Crippen LogP contribution >= 0.6 is 0 Å². The summed E-state index contributed by atoms with van der Waals surface area (Å²) in [5.74, 6) is 1.73. The van der Waals surface area contributed by atoms with Crippen LogP contribution in [0.15, 0.2) is 186 Å². The standard InChI is InChI=1S/C51H30N4O/c1-2-12-31(13-3-1)35-24-22-32-23-25-37(27-38(32)26-35)49-52-50(43-29-36-16-6-7-17-39(36)48-47(43)41-19-9-11-21-46(41)56-48)54-51(53-49)55-44-20-10-8-18-40(44)42-28-33-14-4-5-15-34(33)30-45(42)55/h1-30H. The molecule has 3 heterocycles. The Balaban J connectivity index is 1.18. The van der Waals surface area contributed by atoms with Gasteiger partial charge in [-0.2, -0.15) is 9.97 Å². The topological polar surface area (TPSA) is 56.7 Å². The van der Waals surface area contributed by atoms with Crippen LogP contribution in [0.3, 0.4) is 0 Å². The summed E-state index contributed by atoms with van der Waals surface area (Å²) < 4.78 is 8.82. The van der Waals surface area contributed by atoms with E-state index in [1.165, 1.54) is 10.9 Å². The van der Waals surface area contributed by atoms with E-state index in [1.807, 2.05) is 18.2 Å². The van der Waals surface area contributed by atoms with Crippen LogP contribution in [0.1, 0.15) is 0 Å². The largest absolute Gasteiger partial charge is 0.455 e. The molecule has 56 heavy (non-hydrogen) atoms. The van der Waals surface area contributed by atoms with Crippen LogP contribution in [-0.2, 0) is 0 Å². The second kappa shape index (κ2) is 11.9. The molecular formula is C51H30N4O. The summed E-state index contributed by atoms with van der Waals surface area (Å²) in [6, 6.07) is 64.0. The molecule has 0 fully saturated rings. The van der Waals surface area contributed by atoms with Crippen molar-refractivity contribution < 1.29 is 4.42 Å². The molecule has 0 aliphatic heterocycles. The average molecular weight is 715 g/mol. The number of benzene rings is 9. The predicted molar refractivity (Wildman–Crippen MR) is 230 cm³/mol. The fourth-order valence-electron chi connectivity index (χ4n) is 8.52. The number of rotatable bonds is 4. The van der Waals surface area contributed by atoms with Gasteiger partial charge in [-0.3, -0.25) is 4.57 Å². The lowest BCUT2D eigenvalue weighted by Gasteiger charge is -2.13. The number of furan rings is 1. The number of hydrogen-bond acceptors (Lipinski definition) is 4. The maximum Gasteiger partial charge on any atom is 0.238 e. The molecule has 260 valence electrons. The van der Waals surface area contributed by atoms with Crippen LogP contribution < -0.4 is 0 Å². The van der Waals surface area contributed by atoms with E-state index >= 15 is 0 Å². The zero-order valence-electron chi connectivity index (χ0n) is 30.0. The zero-order chi connectivity index (χ0) is 36.7. The lowest BCUT2D eigenvalue weighted by atomic mass is 9.99. The number of hydrogen-bond donors (Lipinski definition) is 0. The molecule has 0 atom stereocenters. The monoisotopic (exact) mass is 714 g/mol. The van der Waals surface area contributed by atoms with E-state index in [9.17, 15) is 0 Å². The van der Waals surface area contributed by atoms with E-state index in [2.05, 4.69) is 168 Å². The first-order chi connectivity index (χ1) is 27.7. The maximum atomic E-state index is 6.62. The number of fused-ring (bicyclic) bond motifs is 10. The van der Waals surface area contributed by atoms with Crippen molar-refractivity contribution >= 4 is 76.1 Å². The maximum absolute atomic E-state index is 6.62. The Bertz CT molecular complexity index is 3540. The summed E-state index contributed by atoms with van der Waals surface area (Å²) in [5.41, 5.74) is 7.87. The summed E-state index contributed by atoms with van der Waals surface area (Å²) in [4.78, 5) is 16.1. The summed E-state index contributed by atoms with van der Waals surface area (Å²) in [6.07, 6.45) is 0. The van der Waals surface area contributed by atoms with Gasteiger partial charge in [-0.1, -0.05) is 140 Å². The van der Waals surface area contributed by atoms with Crippen molar-refractivity contribution in [1.29, 1.82) is 0 Å². The molecular weight excluding hydrogens is 685 g/mol. The van der Waals surface area contributed by atoms with Crippen LogP contribution in [0.4, 0.5) is 0 Å². The first kappa shape index (κ1) is 30.8. The molecule has 0 saturated heterocycles. The quantitative estimate of drug-likeness (QED) is 0.182. The highest BCUT2D eigenvalue weighted by Crippen LogP contribution is 2.41. The normalized spacial score (nSPS) is 11.9. The van der Waals surface area contributed by atoms with E-state index in [1.54, 1.807) is 0 Å². The Morgan fingerprint density at radius 2 is 1.04 bits per heavy atom. The van der Waals surface area contributed by atoms with E-state index < -0.39 is 0 Å². The second-order valence-corrected chi connectivity index (χ2v) is 14.4. The van der Waals surface area contributed by atoms with Crippen LogP contribution in [0.2, 0.25) is 0 Å². The molecule has 0 saturated carbocycles. The lowest BCUT2D eigenvalue weighted by molar-refractivity contribution is 0.672. The average Bonchev–Trinajstić information content (AvgIpc) is 3.81. The van der Waals surface area contributed by atoms with Gasteiger partial charge in [-0.25, -0.2) is 4.98 Å². The van der Waals surface area contributed by atoms with Gasteiger partial charge in [0.1, 0.15) is 11.2 Å². The molecule has 0 aliphatic carbocycles. The van der Waals surface area contributed by atoms with Gasteiger partial charge in [0.05, 0.1) is 11.0 Å². The molecule has 5 nitrogen and oxygen atoms in total. The van der Waals surface area contributed by atoms with Crippen molar-refractivity contribution in [3.05, 3.63) is 182 Å². The van der Waals surface area contributed by atoms with Gasteiger partial charge in [0, 0.05) is 38.1 Å². The minimum absolute atomic E-state index is 0.554. The molecule has 12 rings (SSSR count). The van der Waals surface area contributed by atoms with E-state index in [0.717, 1.165) is 87.4 Å². The Morgan fingerprint density at radius 3 is 1.89 bits per heavy atom. The van der Waals surface area contributed by atoms with Crippen molar-refractivity contribution in [3.8, 4) is 39.9 Å². The van der Waals surface area contributed by atoms with Crippen molar-refractivity contribution in [2.75, 3.05) is 0 Å². The molecule has 0 N–H and O–H groups in total. The molecule has 0 bridgehead atoms. The van der Waals surface area contributed by atoms with E-state index in [4.69, 9.17) is 19.4 Å².